The summed E-state index contributed by atoms with van der Waals surface area (Å²) in [5.74, 6) is -0.238. The van der Waals surface area contributed by atoms with Gasteiger partial charge in [-0.15, -0.1) is 0 Å². The number of halogens is 1. The number of nitrogens with one attached hydrogen (secondary N) is 3. The van der Waals surface area contributed by atoms with Crippen molar-refractivity contribution in [2.75, 3.05) is 30.4 Å². The van der Waals surface area contributed by atoms with E-state index in [2.05, 4.69) is 41.4 Å². The maximum atomic E-state index is 12.4. The molecule has 170 valence electrons. The number of hydrogen-bond acceptors (Lipinski definition) is 6. The second-order valence-electron chi connectivity index (χ2n) is 8.68. The summed E-state index contributed by atoms with van der Waals surface area (Å²) in [7, 11) is 1.49. The number of hydrogen-bond donors (Lipinski definition) is 3. The number of aromatic amines is 1. The molecule has 2 aromatic rings. The van der Waals surface area contributed by atoms with Gasteiger partial charge in [-0.05, 0) is 56.5 Å². The van der Waals surface area contributed by atoms with Gasteiger partial charge in [-0.1, -0.05) is 0 Å². The molecular weight excluding hydrogens is 466 g/mol. The van der Waals surface area contributed by atoms with Gasteiger partial charge in [0.25, 0.3) is 5.91 Å². The van der Waals surface area contributed by atoms with Crippen LogP contribution in [-0.2, 0) is 14.3 Å². The van der Waals surface area contributed by atoms with Gasteiger partial charge in [0, 0.05) is 38.6 Å². The molecule has 0 saturated carbocycles. The average Bonchev–Trinajstić information content (AvgIpc) is 3.08. The fraction of sp³-hybridized carbons (Fsp3) is 0.571. The van der Waals surface area contributed by atoms with E-state index in [1.807, 2.05) is 20.8 Å². The van der Waals surface area contributed by atoms with E-state index in [9.17, 15) is 9.59 Å². The summed E-state index contributed by atoms with van der Waals surface area (Å²) in [6.45, 7) is 8.66. The van der Waals surface area contributed by atoms with Crippen molar-refractivity contribution in [2.45, 2.75) is 58.3 Å². The second-order valence-corrected chi connectivity index (χ2v) is 9.53. The number of rotatable bonds is 5. The Balaban J connectivity index is 1.85. The Kier molecular flexibility index (Phi) is 7.10. The predicted octanol–water partition coefficient (Wildman–Crippen LogP) is 3.79. The lowest BCUT2D eigenvalue weighted by Crippen LogP contribution is -2.49. The second kappa shape index (κ2) is 9.44. The van der Waals surface area contributed by atoms with Gasteiger partial charge < -0.3 is 30.0 Å². The van der Waals surface area contributed by atoms with Crippen molar-refractivity contribution in [3.8, 4) is 0 Å². The highest BCUT2D eigenvalue weighted by molar-refractivity contribution is 9.10. The molecule has 9 nitrogen and oxygen atoms in total. The summed E-state index contributed by atoms with van der Waals surface area (Å²) in [6.07, 6.45) is 4.25. The van der Waals surface area contributed by atoms with Crippen LogP contribution in [0.5, 0.6) is 0 Å². The van der Waals surface area contributed by atoms with Gasteiger partial charge >= 0.3 is 6.09 Å². The van der Waals surface area contributed by atoms with Gasteiger partial charge in [0.15, 0.2) is 0 Å². The van der Waals surface area contributed by atoms with E-state index in [0.717, 1.165) is 34.9 Å². The quantitative estimate of drug-likeness (QED) is 0.582. The van der Waals surface area contributed by atoms with Gasteiger partial charge in [0.1, 0.15) is 17.4 Å². The summed E-state index contributed by atoms with van der Waals surface area (Å²) in [5.41, 5.74) is 1.68. The van der Waals surface area contributed by atoms with E-state index < -0.39 is 17.8 Å². The minimum absolute atomic E-state index is 0.0517. The number of carbonyl (C=O) groups is 2. The number of ether oxygens (including phenoxy) is 2. The number of alkyl carbamates (subject to hydrolysis) is 1. The van der Waals surface area contributed by atoms with E-state index in [1.54, 1.807) is 19.3 Å². The van der Waals surface area contributed by atoms with Crippen LogP contribution >= 0.6 is 15.9 Å². The smallest absolute Gasteiger partial charge is 0.407 e. The molecule has 1 fully saturated rings. The van der Waals surface area contributed by atoms with Gasteiger partial charge in [0.05, 0.1) is 21.2 Å². The van der Waals surface area contributed by atoms with Crippen molar-refractivity contribution in [3.63, 3.8) is 0 Å². The molecule has 31 heavy (non-hydrogen) atoms. The third kappa shape index (κ3) is 5.68. The molecule has 2 aromatic heterocycles. The number of amides is 2. The number of anilines is 2. The van der Waals surface area contributed by atoms with Crippen LogP contribution in [0.1, 0.15) is 40.5 Å². The monoisotopic (exact) mass is 495 g/mol. The normalized spacial score (nSPS) is 18.0. The zero-order chi connectivity index (χ0) is 22.8. The average molecular weight is 496 g/mol. The van der Waals surface area contributed by atoms with Crippen molar-refractivity contribution >= 4 is 50.3 Å². The minimum Gasteiger partial charge on any atom is -0.444 e. The third-order valence-electron chi connectivity index (χ3n) is 5.07. The molecule has 3 N–H and O–H groups in total. The molecule has 0 bridgehead atoms. The molecule has 10 heteroatoms. The summed E-state index contributed by atoms with van der Waals surface area (Å²) >= 11 is 3.62. The van der Waals surface area contributed by atoms with Gasteiger partial charge in [0.2, 0.25) is 0 Å². The number of aromatic nitrogens is 2. The number of fused-ring (bicyclic) bond motifs is 1. The number of pyridine rings is 1. The molecule has 1 saturated heterocycles. The fourth-order valence-electron chi connectivity index (χ4n) is 3.58. The third-order valence-corrected chi connectivity index (χ3v) is 5.65. The lowest BCUT2D eigenvalue weighted by molar-refractivity contribution is -0.124. The predicted molar refractivity (Wildman–Crippen MR) is 123 cm³/mol. The molecule has 0 aliphatic carbocycles. The number of methoxy groups -OCH3 is 1. The summed E-state index contributed by atoms with van der Waals surface area (Å²) in [5, 5.41) is 6.71. The van der Waals surface area contributed by atoms with E-state index in [0.29, 0.717) is 17.9 Å². The van der Waals surface area contributed by atoms with Crippen LogP contribution in [0.2, 0.25) is 0 Å². The molecule has 1 aliphatic heterocycles. The highest BCUT2D eigenvalue weighted by atomic mass is 79.9. The van der Waals surface area contributed by atoms with Crippen LogP contribution in [-0.4, -0.2) is 59.9 Å². The number of carbonyl (C=O) groups excluding carboxylic acids is 2. The Morgan fingerprint density at radius 3 is 2.81 bits per heavy atom. The number of nitrogens with zero attached hydrogens (tertiary/aromatic N) is 2. The molecule has 0 unspecified atom stereocenters. The van der Waals surface area contributed by atoms with Gasteiger partial charge in [-0.2, -0.15) is 0 Å². The van der Waals surface area contributed by atoms with E-state index in [-0.39, 0.29) is 11.9 Å². The van der Waals surface area contributed by atoms with E-state index in [4.69, 9.17) is 9.47 Å². The van der Waals surface area contributed by atoms with Crippen LogP contribution < -0.4 is 15.5 Å². The lowest BCUT2D eigenvalue weighted by Gasteiger charge is -2.36. The summed E-state index contributed by atoms with van der Waals surface area (Å²) < 4.78 is 11.3. The molecule has 0 aromatic carbocycles. The molecule has 1 aliphatic rings. The zero-order valence-electron chi connectivity index (χ0n) is 18.5. The highest BCUT2D eigenvalue weighted by Gasteiger charge is 2.28. The minimum atomic E-state index is -0.578. The highest BCUT2D eigenvalue weighted by Crippen LogP contribution is 2.39. The van der Waals surface area contributed by atoms with Crippen LogP contribution in [0, 0.1) is 0 Å². The van der Waals surface area contributed by atoms with Crippen LogP contribution in [0.3, 0.4) is 0 Å². The summed E-state index contributed by atoms with van der Waals surface area (Å²) in [4.78, 5) is 34.4. The maximum absolute atomic E-state index is 12.4. The molecule has 3 rings (SSSR count). The zero-order valence-corrected chi connectivity index (χ0v) is 20.1. The van der Waals surface area contributed by atoms with Gasteiger partial charge in [-0.25, -0.2) is 9.78 Å². The molecule has 0 radical (unpaired) electrons. The Morgan fingerprint density at radius 2 is 2.13 bits per heavy atom. The molecule has 2 amide bonds. The number of H-pyrrole nitrogens is 1. The van der Waals surface area contributed by atoms with Crippen molar-refractivity contribution in [2.24, 2.45) is 0 Å². The first-order valence-corrected chi connectivity index (χ1v) is 11.1. The first-order valence-electron chi connectivity index (χ1n) is 10.3. The Hall–Kier alpha value is -2.33. The first-order chi connectivity index (χ1) is 14.6. The Labute approximate surface area is 190 Å². The lowest BCUT2D eigenvalue weighted by atomic mass is 10.0. The van der Waals surface area contributed by atoms with E-state index >= 15 is 0 Å². The first kappa shape index (κ1) is 23.3. The standard InChI is InChI=1S/C21H30BrN5O4/c1-12(30-5)19(28)26-15-10-24-18-16(15)17(14(22)9-23-18)27-8-6-7-13(11-27)25-20(29)31-21(2,3)4/h9-10,12-13H,6-8,11H2,1-5H3,(H,23,24)(H,25,29)(H,26,28)/t12-,13+/m0/s1. The maximum Gasteiger partial charge on any atom is 0.407 e. The molecule has 3 heterocycles. The van der Waals surface area contributed by atoms with Crippen molar-refractivity contribution in [1.29, 1.82) is 0 Å². The molecular formula is C21H30BrN5O4. The molecule has 0 spiro atoms. The molecule has 2 atom stereocenters. The van der Waals surface area contributed by atoms with E-state index in [1.165, 1.54) is 7.11 Å². The van der Waals surface area contributed by atoms with Crippen molar-refractivity contribution < 1.29 is 19.1 Å². The van der Waals surface area contributed by atoms with Crippen LogP contribution in [0.15, 0.2) is 16.9 Å². The fourth-order valence-corrected chi connectivity index (χ4v) is 4.13. The number of piperidine rings is 1. The summed E-state index contributed by atoms with van der Waals surface area (Å²) in [6, 6.07) is -0.0517. The van der Waals surface area contributed by atoms with Crippen LogP contribution in [0.4, 0.5) is 16.2 Å². The van der Waals surface area contributed by atoms with Crippen molar-refractivity contribution in [3.05, 3.63) is 16.9 Å². The van der Waals surface area contributed by atoms with Crippen molar-refractivity contribution in [1.82, 2.24) is 15.3 Å². The Morgan fingerprint density at radius 1 is 1.39 bits per heavy atom. The largest absolute Gasteiger partial charge is 0.444 e. The SMILES string of the molecule is CO[C@@H](C)C(=O)Nc1c[nH]c2ncc(Br)c(N3CCC[C@@H](NC(=O)OC(C)(C)C)C3)c12. The van der Waals surface area contributed by atoms with Crippen LogP contribution in [0.25, 0.3) is 11.0 Å². The Bertz CT molecular complexity index is 955. The topological polar surface area (TPSA) is 109 Å². The van der Waals surface area contributed by atoms with Gasteiger partial charge in [-0.3, -0.25) is 4.79 Å².